The summed E-state index contributed by atoms with van der Waals surface area (Å²) in [6, 6.07) is 23.2. The predicted molar refractivity (Wildman–Crippen MR) is 129 cm³/mol. The van der Waals surface area contributed by atoms with E-state index in [1.54, 1.807) is 54.6 Å². The zero-order valence-corrected chi connectivity index (χ0v) is 18.5. The third-order valence-electron chi connectivity index (χ3n) is 4.73. The van der Waals surface area contributed by atoms with Crippen molar-refractivity contribution in [2.24, 2.45) is 5.10 Å². The van der Waals surface area contributed by atoms with Crippen LogP contribution in [-0.2, 0) is 4.79 Å². The Kier molecular flexibility index (Phi) is 7.19. The average molecular weight is 457 g/mol. The number of carbonyl (C=O) groups is 2. The van der Waals surface area contributed by atoms with Crippen LogP contribution in [-0.4, -0.2) is 31.2 Å². The molecular formula is C26H23N3O5. The van der Waals surface area contributed by atoms with Gasteiger partial charge in [0.05, 0.1) is 12.8 Å². The van der Waals surface area contributed by atoms with E-state index < -0.39 is 5.91 Å². The maximum atomic E-state index is 12.5. The van der Waals surface area contributed by atoms with Crippen molar-refractivity contribution in [3.05, 3.63) is 90.2 Å². The van der Waals surface area contributed by atoms with E-state index in [0.29, 0.717) is 34.9 Å². The van der Waals surface area contributed by atoms with Gasteiger partial charge in [0.25, 0.3) is 5.91 Å². The largest absolute Gasteiger partial charge is 0.494 e. The fraction of sp³-hybridized carbons (Fsp3) is 0.115. The van der Waals surface area contributed by atoms with Gasteiger partial charge >= 0.3 is 5.91 Å². The summed E-state index contributed by atoms with van der Waals surface area (Å²) in [4.78, 5) is 24.6. The minimum atomic E-state index is -0.494. The van der Waals surface area contributed by atoms with Gasteiger partial charge in [0.1, 0.15) is 17.1 Å². The number of rotatable bonds is 9. The first kappa shape index (κ1) is 22.6. The van der Waals surface area contributed by atoms with E-state index in [0.717, 1.165) is 5.39 Å². The fourth-order valence-corrected chi connectivity index (χ4v) is 3.19. The summed E-state index contributed by atoms with van der Waals surface area (Å²) in [6.45, 7) is 2.28. The van der Waals surface area contributed by atoms with Crippen LogP contribution in [0.2, 0.25) is 0 Å². The molecule has 0 bridgehead atoms. The molecule has 0 radical (unpaired) electrons. The number of nitrogens with one attached hydrogen (secondary N) is 2. The second kappa shape index (κ2) is 10.8. The van der Waals surface area contributed by atoms with Gasteiger partial charge in [-0.25, -0.2) is 5.43 Å². The molecule has 1 aromatic heterocycles. The highest BCUT2D eigenvalue weighted by Gasteiger charge is 2.12. The molecule has 0 saturated heterocycles. The lowest BCUT2D eigenvalue weighted by molar-refractivity contribution is -0.118. The first-order chi connectivity index (χ1) is 16.6. The van der Waals surface area contributed by atoms with Crippen LogP contribution in [0.1, 0.15) is 23.0 Å². The first-order valence-corrected chi connectivity index (χ1v) is 10.7. The van der Waals surface area contributed by atoms with Crippen molar-refractivity contribution < 1.29 is 23.5 Å². The van der Waals surface area contributed by atoms with Gasteiger partial charge in [-0.15, -0.1) is 0 Å². The third-order valence-corrected chi connectivity index (χ3v) is 4.73. The predicted octanol–water partition coefficient (Wildman–Crippen LogP) is 4.61. The number of benzene rings is 3. The smallest absolute Gasteiger partial charge is 0.307 e. The Bertz CT molecular complexity index is 1310. The van der Waals surface area contributed by atoms with Gasteiger partial charge in [0.15, 0.2) is 12.4 Å². The highest BCUT2D eigenvalue weighted by atomic mass is 16.5. The number of furan rings is 1. The Labute approximate surface area is 196 Å². The molecule has 0 aliphatic rings. The van der Waals surface area contributed by atoms with Crippen molar-refractivity contribution in [2.45, 2.75) is 6.92 Å². The van der Waals surface area contributed by atoms with E-state index in [-0.39, 0.29) is 18.3 Å². The zero-order valence-electron chi connectivity index (χ0n) is 18.5. The second-order valence-corrected chi connectivity index (χ2v) is 7.18. The summed E-state index contributed by atoms with van der Waals surface area (Å²) >= 11 is 0. The molecule has 4 aromatic rings. The van der Waals surface area contributed by atoms with Crippen LogP contribution in [0.15, 0.2) is 88.4 Å². The topological polar surface area (TPSA) is 102 Å². The second-order valence-electron chi connectivity index (χ2n) is 7.18. The molecule has 2 N–H and O–H groups in total. The summed E-state index contributed by atoms with van der Waals surface area (Å²) in [5.41, 5.74) is 4.30. The number of fused-ring (bicyclic) bond motifs is 1. The lowest BCUT2D eigenvalue weighted by Gasteiger charge is -2.09. The zero-order chi connectivity index (χ0) is 23.8. The SMILES string of the molecule is CCOc1ccc2oc(C(=O)N/N=C/c3ccccc3OCC(=O)Nc3ccccc3)cc2c1. The van der Waals surface area contributed by atoms with Gasteiger partial charge in [0, 0.05) is 16.6 Å². The molecule has 2 amide bonds. The molecule has 8 nitrogen and oxygen atoms in total. The van der Waals surface area contributed by atoms with Gasteiger partial charge in [-0.3, -0.25) is 9.59 Å². The van der Waals surface area contributed by atoms with Gasteiger partial charge in [-0.1, -0.05) is 30.3 Å². The summed E-state index contributed by atoms with van der Waals surface area (Å²) in [6.07, 6.45) is 1.44. The molecule has 0 fully saturated rings. The molecule has 4 rings (SSSR count). The summed E-state index contributed by atoms with van der Waals surface area (Å²) < 4.78 is 16.7. The Balaban J connectivity index is 1.36. The average Bonchev–Trinajstić information content (AvgIpc) is 3.28. The molecule has 172 valence electrons. The Morgan fingerprint density at radius 3 is 2.59 bits per heavy atom. The third kappa shape index (κ3) is 5.80. The van der Waals surface area contributed by atoms with Gasteiger partial charge in [-0.2, -0.15) is 5.10 Å². The van der Waals surface area contributed by atoms with Crippen LogP contribution in [0.25, 0.3) is 11.0 Å². The van der Waals surface area contributed by atoms with Crippen LogP contribution in [0, 0.1) is 0 Å². The van der Waals surface area contributed by atoms with E-state index in [2.05, 4.69) is 15.8 Å². The lowest BCUT2D eigenvalue weighted by Crippen LogP contribution is -2.20. The minimum Gasteiger partial charge on any atom is -0.494 e. The molecular weight excluding hydrogens is 434 g/mol. The van der Waals surface area contributed by atoms with Crippen LogP contribution >= 0.6 is 0 Å². The summed E-state index contributed by atoms with van der Waals surface area (Å²) in [7, 11) is 0. The van der Waals surface area contributed by atoms with Gasteiger partial charge < -0.3 is 19.2 Å². The van der Waals surface area contributed by atoms with E-state index in [4.69, 9.17) is 13.9 Å². The maximum absolute atomic E-state index is 12.5. The standard InChI is InChI=1S/C26H23N3O5/c1-2-32-21-12-13-23-19(14-21)15-24(34-23)26(31)29-27-16-18-8-6-7-11-22(18)33-17-25(30)28-20-9-4-3-5-10-20/h3-16H,2,17H2,1H3,(H,28,30)(H,29,31)/b27-16+. The molecule has 3 aromatic carbocycles. The van der Waals surface area contributed by atoms with Crippen molar-refractivity contribution in [2.75, 3.05) is 18.5 Å². The fourth-order valence-electron chi connectivity index (χ4n) is 3.19. The van der Waals surface area contributed by atoms with E-state index in [1.807, 2.05) is 31.2 Å². The van der Waals surface area contributed by atoms with Crippen LogP contribution in [0.3, 0.4) is 0 Å². The Morgan fingerprint density at radius 2 is 1.76 bits per heavy atom. The number of para-hydroxylation sites is 2. The number of amides is 2. The molecule has 1 heterocycles. The highest BCUT2D eigenvalue weighted by Crippen LogP contribution is 2.24. The maximum Gasteiger partial charge on any atom is 0.307 e. The summed E-state index contributed by atoms with van der Waals surface area (Å²) in [5, 5.41) is 7.51. The van der Waals surface area contributed by atoms with Gasteiger partial charge in [0.2, 0.25) is 0 Å². The van der Waals surface area contributed by atoms with Crippen molar-refractivity contribution in [1.29, 1.82) is 0 Å². The molecule has 0 atom stereocenters. The number of hydrogen-bond acceptors (Lipinski definition) is 6. The Morgan fingerprint density at radius 1 is 0.971 bits per heavy atom. The number of anilines is 1. The van der Waals surface area contributed by atoms with Crippen molar-refractivity contribution >= 4 is 34.7 Å². The number of carbonyl (C=O) groups excluding carboxylic acids is 2. The first-order valence-electron chi connectivity index (χ1n) is 10.7. The van der Waals surface area contributed by atoms with Gasteiger partial charge in [-0.05, 0) is 55.5 Å². The minimum absolute atomic E-state index is 0.128. The number of nitrogens with zero attached hydrogens (tertiary/aromatic N) is 1. The van der Waals surface area contributed by atoms with E-state index >= 15 is 0 Å². The normalized spacial score (nSPS) is 10.9. The molecule has 0 aliphatic heterocycles. The van der Waals surface area contributed by atoms with E-state index in [9.17, 15) is 9.59 Å². The van der Waals surface area contributed by atoms with Crippen molar-refractivity contribution in [1.82, 2.24) is 5.43 Å². The van der Waals surface area contributed by atoms with E-state index in [1.165, 1.54) is 6.21 Å². The molecule has 0 aliphatic carbocycles. The summed E-state index contributed by atoms with van der Waals surface area (Å²) in [5.74, 6) is 0.503. The number of hydrogen-bond donors (Lipinski definition) is 2. The van der Waals surface area contributed by atoms with Crippen LogP contribution < -0.4 is 20.2 Å². The van der Waals surface area contributed by atoms with Crippen LogP contribution in [0.4, 0.5) is 5.69 Å². The molecule has 8 heteroatoms. The van der Waals surface area contributed by atoms with Crippen molar-refractivity contribution in [3.63, 3.8) is 0 Å². The molecule has 0 unspecified atom stereocenters. The van der Waals surface area contributed by atoms with Crippen molar-refractivity contribution in [3.8, 4) is 11.5 Å². The highest BCUT2D eigenvalue weighted by molar-refractivity contribution is 5.97. The lowest BCUT2D eigenvalue weighted by atomic mass is 10.2. The monoisotopic (exact) mass is 457 g/mol. The Hall–Kier alpha value is -4.59. The number of hydrazone groups is 1. The number of ether oxygens (including phenoxy) is 2. The molecule has 0 spiro atoms. The molecule has 34 heavy (non-hydrogen) atoms. The quantitative estimate of drug-likeness (QED) is 0.282. The molecule has 0 saturated carbocycles. The van der Waals surface area contributed by atoms with Crippen LogP contribution in [0.5, 0.6) is 11.5 Å².